The van der Waals surface area contributed by atoms with Gasteiger partial charge < -0.3 is 10.4 Å². The van der Waals surface area contributed by atoms with Crippen molar-refractivity contribution in [3.8, 4) is 0 Å². The molecule has 0 fully saturated rings. The Morgan fingerprint density at radius 2 is 2.10 bits per heavy atom. The summed E-state index contributed by atoms with van der Waals surface area (Å²) in [5.74, 6) is 0.479. The molecule has 1 atom stereocenters. The number of nitrogens with zero attached hydrogens (tertiary/aromatic N) is 2. The molecule has 1 aromatic heterocycles. The molecule has 0 saturated carbocycles. The monoisotopic (exact) mass is 274 g/mol. The van der Waals surface area contributed by atoms with Crippen molar-refractivity contribution in [2.24, 2.45) is 7.05 Å². The molecule has 20 heavy (non-hydrogen) atoms. The number of amides is 2. The summed E-state index contributed by atoms with van der Waals surface area (Å²) in [7, 11) is 1.80. The first kappa shape index (κ1) is 14.1. The number of carbonyl (C=O) groups is 1. The van der Waals surface area contributed by atoms with Crippen LogP contribution in [0.1, 0.15) is 17.3 Å². The molecule has 1 heterocycles. The number of rotatable bonds is 4. The molecule has 2 rings (SSSR count). The molecule has 6 nitrogen and oxygen atoms in total. The number of aliphatic hydroxyl groups excluding tert-OH is 1. The van der Waals surface area contributed by atoms with E-state index in [0.29, 0.717) is 5.82 Å². The first-order chi connectivity index (χ1) is 9.60. The Hall–Kier alpha value is -2.34. The van der Waals surface area contributed by atoms with Gasteiger partial charge in [-0.1, -0.05) is 30.3 Å². The van der Waals surface area contributed by atoms with Crippen LogP contribution in [0.3, 0.4) is 0 Å². The molecular formula is C14H18N4O2. The van der Waals surface area contributed by atoms with Crippen LogP contribution >= 0.6 is 0 Å². The largest absolute Gasteiger partial charge is 0.394 e. The number of anilines is 1. The number of urea groups is 1. The van der Waals surface area contributed by atoms with Crippen LogP contribution in [-0.2, 0) is 7.05 Å². The molecule has 0 bridgehead atoms. The summed E-state index contributed by atoms with van der Waals surface area (Å²) in [4.78, 5) is 11.9. The number of benzene rings is 1. The fourth-order valence-corrected chi connectivity index (χ4v) is 1.85. The topological polar surface area (TPSA) is 79.2 Å². The predicted octanol–water partition coefficient (Wildman–Crippen LogP) is 1.58. The molecule has 106 valence electrons. The molecule has 1 aromatic carbocycles. The third-order valence-electron chi connectivity index (χ3n) is 3.05. The highest BCUT2D eigenvalue weighted by Gasteiger charge is 2.14. The van der Waals surface area contributed by atoms with Crippen molar-refractivity contribution >= 4 is 11.8 Å². The van der Waals surface area contributed by atoms with E-state index >= 15 is 0 Å². The highest BCUT2D eigenvalue weighted by molar-refractivity contribution is 5.88. The molecule has 1 unspecified atom stereocenters. The molecule has 0 aliphatic carbocycles. The summed E-state index contributed by atoms with van der Waals surface area (Å²) in [6.07, 6.45) is 0. The minimum Gasteiger partial charge on any atom is -0.394 e. The molecule has 0 aliphatic rings. The number of aliphatic hydroxyl groups is 1. The van der Waals surface area contributed by atoms with E-state index in [9.17, 15) is 9.90 Å². The summed E-state index contributed by atoms with van der Waals surface area (Å²) in [5.41, 5.74) is 1.80. The van der Waals surface area contributed by atoms with E-state index < -0.39 is 12.1 Å². The van der Waals surface area contributed by atoms with Gasteiger partial charge in [0.25, 0.3) is 0 Å². The van der Waals surface area contributed by atoms with E-state index in [4.69, 9.17) is 0 Å². The van der Waals surface area contributed by atoms with E-state index in [2.05, 4.69) is 15.7 Å². The Kier molecular flexibility index (Phi) is 4.37. The number of nitrogens with one attached hydrogen (secondary N) is 2. The van der Waals surface area contributed by atoms with Crippen molar-refractivity contribution in [1.29, 1.82) is 0 Å². The highest BCUT2D eigenvalue weighted by atomic mass is 16.3. The van der Waals surface area contributed by atoms with Crippen molar-refractivity contribution in [2.75, 3.05) is 11.9 Å². The van der Waals surface area contributed by atoms with Crippen molar-refractivity contribution in [2.45, 2.75) is 13.0 Å². The number of aromatic nitrogens is 2. The number of hydrogen-bond acceptors (Lipinski definition) is 3. The molecular weight excluding hydrogens is 256 g/mol. The van der Waals surface area contributed by atoms with Crippen LogP contribution in [0, 0.1) is 6.92 Å². The standard InChI is InChI=1S/C14H18N4O2/c1-10-8-13(17-18(10)2)16-14(20)15-12(9-19)11-6-4-3-5-7-11/h3-8,12,19H,9H2,1-2H3,(H2,15,16,17,20). The minimum absolute atomic E-state index is 0.168. The van der Waals surface area contributed by atoms with Gasteiger partial charge in [-0.3, -0.25) is 10.00 Å². The summed E-state index contributed by atoms with van der Waals surface area (Å²) in [5, 5.41) is 18.9. The van der Waals surface area contributed by atoms with E-state index in [0.717, 1.165) is 11.3 Å². The first-order valence-electron chi connectivity index (χ1n) is 6.34. The third-order valence-corrected chi connectivity index (χ3v) is 3.05. The van der Waals surface area contributed by atoms with Crippen LogP contribution in [0.5, 0.6) is 0 Å². The van der Waals surface area contributed by atoms with Crippen LogP contribution in [0.15, 0.2) is 36.4 Å². The van der Waals surface area contributed by atoms with Crippen molar-refractivity contribution in [1.82, 2.24) is 15.1 Å². The van der Waals surface area contributed by atoms with Gasteiger partial charge in [0, 0.05) is 18.8 Å². The Balaban J connectivity index is 1.99. The zero-order chi connectivity index (χ0) is 14.5. The SMILES string of the molecule is Cc1cc(NC(=O)NC(CO)c2ccccc2)nn1C. The summed E-state index contributed by atoms with van der Waals surface area (Å²) < 4.78 is 1.68. The van der Waals surface area contributed by atoms with Crippen LogP contribution in [0.25, 0.3) is 0 Å². The van der Waals surface area contributed by atoms with Crippen LogP contribution in [0.4, 0.5) is 10.6 Å². The molecule has 6 heteroatoms. The minimum atomic E-state index is -0.444. The van der Waals surface area contributed by atoms with Crippen molar-refractivity contribution in [3.05, 3.63) is 47.7 Å². The normalized spacial score (nSPS) is 11.9. The van der Waals surface area contributed by atoms with Gasteiger partial charge in [0.05, 0.1) is 12.6 Å². The Morgan fingerprint density at radius 3 is 2.65 bits per heavy atom. The number of hydrogen-bond donors (Lipinski definition) is 3. The third kappa shape index (κ3) is 3.36. The van der Waals surface area contributed by atoms with Gasteiger partial charge in [0.2, 0.25) is 0 Å². The Labute approximate surface area is 117 Å². The van der Waals surface area contributed by atoms with Crippen molar-refractivity contribution in [3.63, 3.8) is 0 Å². The Morgan fingerprint density at radius 1 is 1.40 bits per heavy atom. The number of aryl methyl sites for hydroxylation is 2. The molecule has 0 spiro atoms. The average Bonchev–Trinajstić information content (AvgIpc) is 2.75. The zero-order valence-corrected chi connectivity index (χ0v) is 11.5. The summed E-state index contributed by atoms with van der Waals surface area (Å²) >= 11 is 0. The molecule has 2 amide bonds. The van der Waals surface area contributed by atoms with Gasteiger partial charge in [-0.2, -0.15) is 5.10 Å². The van der Waals surface area contributed by atoms with E-state index in [1.807, 2.05) is 37.3 Å². The lowest BCUT2D eigenvalue weighted by Crippen LogP contribution is -2.34. The van der Waals surface area contributed by atoms with E-state index in [1.54, 1.807) is 17.8 Å². The smallest absolute Gasteiger partial charge is 0.321 e. The Bertz CT molecular complexity index is 561. The lowest BCUT2D eigenvalue weighted by molar-refractivity contribution is 0.225. The van der Waals surface area contributed by atoms with Gasteiger partial charge in [-0.05, 0) is 12.5 Å². The van der Waals surface area contributed by atoms with Crippen LogP contribution < -0.4 is 10.6 Å². The second kappa shape index (κ2) is 6.21. The quantitative estimate of drug-likeness (QED) is 0.792. The van der Waals surface area contributed by atoms with Gasteiger partial charge in [-0.15, -0.1) is 0 Å². The molecule has 0 saturated heterocycles. The molecule has 2 aromatic rings. The second-order valence-corrected chi connectivity index (χ2v) is 4.54. The van der Waals surface area contributed by atoms with E-state index in [-0.39, 0.29) is 6.61 Å². The van der Waals surface area contributed by atoms with Gasteiger partial charge in [0.1, 0.15) is 0 Å². The fraction of sp³-hybridized carbons (Fsp3) is 0.286. The van der Waals surface area contributed by atoms with Gasteiger partial charge >= 0.3 is 6.03 Å². The maximum Gasteiger partial charge on any atom is 0.321 e. The lowest BCUT2D eigenvalue weighted by Gasteiger charge is -2.16. The molecule has 3 N–H and O–H groups in total. The highest BCUT2D eigenvalue weighted by Crippen LogP contribution is 2.12. The fourth-order valence-electron chi connectivity index (χ4n) is 1.85. The second-order valence-electron chi connectivity index (χ2n) is 4.54. The maximum absolute atomic E-state index is 11.9. The molecule has 0 radical (unpaired) electrons. The summed E-state index contributed by atoms with van der Waals surface area (Å²) in [6.45, 7) is 1.73. The maximum atomic E-state index is 11.9. The molecule has 0 aliphatic heterocycles. The summed E-state index contributed by atoms with van der Waals surface area (Å²) in [6, 6.07) is 10.2. The van der Waals surface area contributed by atoms with E-state index in [1.165, 1.54) is 0 Å². The predicted molar refractivity (Wildman–Crippen MR) is 76.4 cm³/mol. The number of carbonyl (C=O) groups excluding carboxylic acids is 1. The van der Waals surface area contributed by atoms with Crippen LogP contribution in [-0.4, -0.2) is 27.5 Å². The van der Waals surface area contributed by atoms with Crippen LogP contribution in [0.2, 0.25) is 0 Å². The van der Waals surface area contributed by atoms with Crippen molar-refractivity contribution < 1.29 is 9.90 Å². The average molecular weight is 274 g/mol. The first-order valence-corrected chi connectivity index (χ1v) is 6.34. The lowest BCUT2D eigenvalue weighted by atomic mass is 10.1. The van der Waals surface area contributed by atoms with Gasteiger partial charge in [-0.25, -0.2) is 4.79 Å². The zero-order valence-electron chi connectivity index (χ0n) is 11.5. The van der Waals surface area contributed by atoms with Gasteiger partial charge in [0.15, 0.2) is 5.82 Å².